The van der Waals surface area contributed by atoms with Crippen molar-refractivity contribution in [3.05, 3.63) is 54.4 Å². The van der Waals surface area contributed by atoms with Gasteiger partial charge in [0.15, 0.2) is 0 Å². The summed E-state index contributed by atoms with van der Waals surface area (Å²) in [6, 6.07) is 13.1. The highest BCUT2D eigenvalue weighted by atomic mass is 35.5. The van der Waals surface area contributed by atoms with Crippen LogP contribution in [0.15, 0.2) is 48.7 Å². The number of nitrogens with zero attached hydrogens (tertiary/aromatic N) is 1. The number of rotatable bonds is 10. The fourth-order valence-corrected chi connectivity index (χ4v) is 3.52. The zero-order chi connectivity index (χ0) is 21.0. The number of amides is 2. The van der Waals surface area contributed by atoms with Crippen LogP contribution in [0.1, 0.15) is 37.8 Å². The number of hydrogen-bond donors (Lipinski definition) is 4. The molecular weight excluding hydrogens is 432 g/mol. The molecule has 1 aromatic heterocycles. The second kappa shape index (κ2) is 15.4. The first-order chi connectivity index (χ1) is 14.7. The monoisotopic (exact) mass is 466 g/mol. The summed E-state index contributed by atoms with van der Waals surface area (Å²) in [6.45, 7) is 1.40. The van der Waals surface area contributed by atoms with Gasteiger partial charge in [0, 0.05) is 43.1 Å². The number of hydrogen-bond acceptors (Lipinski definition) is 5. The smallest absolute Gasteiger partial charge is 0.319 e. The molecule has 1 atom stereocenters. The van der Waals surface area contributed by atoms with Gasteiger partial charge >= 0.3 is 6.03 Å². The van der Waals surface area contributed by atoms with E-state index in [0.29, 0.717) is 18.0 Å². The Kier molecular flexibility index (Phi) is 13.3. The van der Waals surface area contributed by atoms with Crippen molar-refractivity contribution in [2.45, 2.75) is 50.7 Å². The number of benzene rings is 1. The maximum Gasteiger partial charge on any atom is 0.319 e. The van der Waals surface area contributed by atoms with Crippen molar-refractivity contribution >= 4 is 24.1 Å². The minimum atomic E-state index is -0.604. The van der Waals surface area contributed by atoms with E-state index in [1.165, 1.54) is 19.3 Å². The summed E-state index contributed by atoms with van der Waals surface area (Å²) in [6.07, 6.45) is 7.73. The van der Waals surface area contributed by atoms with Gasteiger partial charge in [0.1, 0.15) is 18.5 Å². The molecule has 1 heterocycles. The van der Waals surface area contributed by atoms with Gasteiger partial charge in [-0.1, -0.05) is 25.3 Å². The van der Waals surface area contributed by atoms with E-state index in [4.69, 9.17) is 4.74 Å². The highest BCUT2D eigenvalue weighted by Crippen LogP contribution is 2.18. The molecule has 8 nitrogen and oxygen atoms in total. The summed E-state index contributed by atoms with van der Waals surface area (Å²) in [5.74, 6) is 0.653. The van der Waals surface area contributed by atoms with Crippen LogP contribution in [-0.2, 0) is 6.42 Å². The maximum atomic E-state index is 12.1. The molecule has 0 aliphatic heterocycles. The molecular formula is C23H35ClN4O4. The molecule has 2 amide bonds. The van der Waals surface area contributed by atoms with E-state index in [0.717, 1.165) is 31.5 Å². The van der Waals surface area contributed by atoms with Gasteiger partial charge in [-0.25, -0.2) is 4.79 Å². The number of aromatic nitrogens is 1. The van der Waals surface area contributed by atoms with Crippen molar-refractivity contribution < 1.29 is 20.1 Å². The van der Waals surface area contributed by atoms with Gasteiger partial charge in [-0.3, -0.25) is 4.98 Å². The lowest BCUT2D eigenvalue weighted by molar-refractivity contribution is 0.106. The molecule has 0 bridgehead atoms. The Morgan fingerprint density at radius 2 is 1.88 bits per heavy atom. The summed E-state index contributed by atoms with van der Waals surface area (Å²) in [4.78, 5) is 16.4. The average molecular weight is 467 g/mol. The summed E-state index contributed by atoms with van der Waals surface area (Å²) >= 11 is 0. The van der Waals surface area contributed by atoms with Crippen molar-refractivity contribution in [1.82, 2.24) is 15.6 Å². The second-order valence-electron chi connectivity index (χ2n) is 7.70. The molecule has 9 heteroatoms. The summed E-state index contributed by atoms with van der Waals surface area (Å²) in [5.41, 5.74) is 1.74. The van der Waals surface area contributed by atoms with Crippen LogP contribution in [0.2, 0.25) is 0 Å². The third-order valence-electron chi connectivity index (χ3n) is 5.16. The Balaban J connectivity index is 0.00000256. The number of aliphatic hydroxyl groups excluding tert-OH is 1. The van der Waals surface area contributed by atoms with Gasteiger partial charge in [0.2, 0.25) is 0 Å². The number of pyridine rings is 1. The van der Waals surface area contributed by atoms with Crippen LogP contribution in [0.5, 0.6) is 5.75 Å². The van der Waals surface area contributed by atoms with E-state index in [2.05, 4.69) is 20.9 Å². The molecule has 0 spiro atoms. The van der Waals surface area contributed by atoms with Crippen molar-refractivity contribution in [1.29, 1.82) is 0 Å². The van der Waals surface area contributed by atoms with Crippen LogP contribution in [0.3, 0.4) is 0 Å². The molecule has 32 heavy (non-hydrogen) atoms. The molecule has 2 aromatic rings. The van der Waals surface area contributed by atoms with Gasteiger partial charge in [-0.15, -0.1) is 12.4 Å². The fourth-order valence-electron chi connectivity index (χ4n) is 3.52. The predicted octanol–water partition coefficient (Wildman–Crippen LogP) is 2.70. The highest BCUT2D eigenvalue weighted by Gasteiger charge is 2.15. The topological polar surface area (TPSA) is 127 Å². The van der Waals surface area contributed by atoms with E-state index >= 15 is 0 Å². The Bertz CT molecular complexity index is 758. The minimum absolute atomic E-state index is 0. The van der Waals surface area contributed by atoms with Gasteiger partial charge in [-0.05, 0) is 49.2 Å². The number of urea groups is 1. The lowest BCUT2D eigenvalue weighted by Gasteiger charge is -2.22. The van der Waals surface area contributed by atoms with Gasteiger partial charge < -0.3 is 31.3 Å². The second-order valence-corrected chi connectivity index (χ2v) is 7.70. The number of halogens is 1. The van der Waals surface area contributed by atoms with Gasteiger partial charge in [-0.2, -0.15) is 0 Å². The normalized spacial score (nSPS) is 14.4. The first-order valence-electron chi connectivity index (χ1n) is 10.8. The Labute approximate surface area is 195 Å². The fraction of sp³-hybridized carbons (Fsp3) is 0.478. The third-order valence-corrected chi connectivity index (χ3v) is 5.16. The lowest BCUT2D eigenvalue weighted by atomic mass is 9.96. The minimum Gasteiger partial charge on any atom is -0.491 e. The largest absolute Gasteiger partial charge is 0.491 e. The molecule has 1 fully saturated rings. The number of anilines is 1. The van der Waals surface area contributed by atoms with Crippen molar-refractivity contribution in [2.75, 3.05) is 25.0 Å². The zero-order valence-electron chi connectivity index (χ0n) is 18.3. The number of ether oxygens (including phenoxy) is 1. The summed E-state index contributed by atoms with van der Waals surface area (Å²) < 4.78 is 5.63. The molecule has 1 aromatic carbocycles. The highest BCUT2D eigenvalue weighted by molar-refractivity contribution is 5.89. The van der Waals surface area contributed by atoms with E-state index in [1.54, 1.807) is 30.5 Å². The molecule has 1 aliphatic carbocycles. The van der Waals surface area contributed by atoms with Gasteiger partial charge in [0.05, 0.1) is 0 Å². The third kappa shape index (κ3) is 10.3. The van der Waals surface area contributed by atoms with Gasteiger partial charge in [0.25, 0.3) is 0 Å². The van der Waals surface area contributed by atoms with Crippen molar-refractivity contribution in [3.8, 4) is 5.75 Å². The Morgan fingerprint density at radius 1 is 1.12 bits per heavy atom. The molecule has 0 radical (unpaired) electrons. The van der Waals surface area contributed by atoms with E-state index in [1.807, 2.05) is 18.2 Å². The standard InChI is InChI=1S/C23H32N4O3.ClH.H2O/c28-21(16-24-15-13-18-6-4-5-14-25-18)17-30-22-11-9-20(10-12-22)27-23(29)26-19-7-2-1-3-8-19;;/h4-6,9-12,14,19,21,24,28H,1-3,7-8,13,15-17H2,(H2,26,27,29);1H;1H2. The Morgan fingerprint density at radius 3 is 2.56 bits per heavy atom. The first kappa shape index (κ1) is 27.6. The summed E-state index contributed by atoms with van der Waals surface area (Å²) in [7, 11) is 0. The number of nitrogens with one attached hydrogen (secondary N) is 3. The molecule has 178 valence electrons. The lowest BCUT2D eigenvalue weighted by Crippen LogP contribution is -2.38. The Hall–Kier alpha value is -2.39. The van der Waals surface area contributed by atoms with Crippen LogP contribution in [0.4, 0.5) is 10.5 Å². The van der Waals surface area contributed by atoms with Crippen LogP contribution in [0, 0.1) is 0 Å². The molecule has 1 aliphatic rings. The van der Waals surface area contributed by atoms with Crippen molar-refractivity contribution in [3.63, 3.8) is 0 Å². The zero-order valence-corrected chi connectivity index (χ0v) is 19.1. The van der Waals surface area contributed by atoms with Crippen LogP contribution < -0.4 is 20.7 Å². The molecule has 0 saturated heterocycles. The van der Waals surface area contributed by atoms with E-state index in [9.17, 15) is 9.90 Å². The van der Waals surface area contributed by atoms with E-state index < -0.39 is 6.10 Å². The molecule has 1 saturated carbocycles. The van der Waals surface area contributed by atoms with E-state index in [-0.39, 0.29) is 36.6 Å². The quantitative estimate of drug-likeness (QED) is 0.400. The van der Waals surface area contributed by atoms with Crippen LogP contribution in [0.25, 0.3) is 0 Å². The predicted molar refractivity (Wildman–Crippen MR) is 129 cm³/mol. The van der Waals surface area contributed by atoms with Crippen LogP contribution in [-0.4, -0.2) is 53.4 Å². The number of aliphatic hydroxyl groups is 1. The molecule has 1 unspecified atom stereocenters. The van der Waals surface area contributed by atoms with Crippen molar-refractivity contribution in [2.24, 2.45) is 0 Å². The average Bonchev–Trinajstić information content (AvgIpc) is 2.77. The van der Waals surface area contributed by atoms with Crippen LogP contribution >= 0.6 is 12.4 Å². The summed E-state index contributed by atoms with van der Waals surface area (Å²) in [5, 5.41) is 19.2. The number of carbonyl (C=O) groups excluding carboxylic acids is 1. The SMILES string of the molecule is Cl.O.O=C(Nc1ccc(OCC(O)CNCCc2ccccn2)cc1)NC1CCCCC1. The molecule has 6 N–H and O–H groups in total. The maximum absolute atomic E-state index is 12.1. The first-order valence-corrected chi connectivity index (χ1v) is 10.8. The number of carbonyl (C=O) groups is 1. The molecule has 3 rings (SSSR count).